The molecule has 1 heterocycles. The number of pyridine rings is 1. The Labute approximate surface area is 117 Å². The van der Waals surface area contributed by atoms with Crippen molar-refractivity contribution in [2.24, 2.45) is 5.10 Å². The summed E-state index contributed by atoms with van der Waals surface area (Å²) >= 11 is 5.98. The van der Waals surface area contributed by atoms with Crippen LogP contribution in [0.2, 0.25) is 5.02 Å². The molecule has 0 fully saturated rings. The van der Waals surface area contributed by atoms with Crippen LogP contribution in [0.15, 0.2) is 47.7 Å². The minimum atomic E-state index is 0.638. The molecule has 0 bridgehead atoms. The largest absolute Gasteiger partial charge is 0.398 e. The van der Waals surface area contributed by atoms with E-state index in [-0.39, 0.29) is 0 Å². The van der Waals surface area contributed by atoms with Crippen LogP contribution in [-0.2, 0) is 0 Å². The van der Waals surface area contributed by atoms with Crippen LogP contribution < -0.4 is 10.7 Å². The molecule has 0 saturated heterocycles. The van der Waals surface area contributed by atoms with Crippen molar-refractivity contribution in [1.82, 2.24) is 4.98 Å². The first-order valence-electron chi connectivity index (χ1n) is 5.83. The number of nitrogens with two attached hydrogens (primary N) is 1. The van der Waals surface area contributed by atoms with Gasteiger partial charge < -0.3 is 5.73 Å². The summed E-state index contributed by atoms with van der Waals surface area (Å²) in [5.74, 6) is 0.766. The van der Waals surface area contributed by atoms with Gasteiger partial charge in [-0.25, -0.2) is 4.98 Å². The normalized spacial score (nSPS) is 11.4. The monoisotopic (exact) mass is 274 g/mol. The summed E-state index contributed by atoms with van der Waals surface area (Å²) in [6, 6.07) is 11.0. The fourth-order valence-corrected chi connectivity index (χ4v) is 1.89. The van der Waals surface area contributed by atoms with Crippen molar-refractivity contribution in [2.45, 2.75) is 6.92 Å². The zero-order valence-corrected chi connectivity index (χ0v) is 11.6. The number of benzene rings is 1. The van der Waals surface area contributed by atoms with Crippen LogP contribution >= 0.6 is 11.6 Å². The second kappa shape index (κ2) is 5.71. The second-order valence-electron chi connectivity index (χ2n) is 4.13. The summed E-state index contributed by atoms with van der Waals surface area (Å²) in [5, 5.41) is 6.81. The van der Waals surface area contributed by atoms with Crippen LogP contribution in [0.1, 0.15) is 12.5 Å². The number of halogens is 1. The average Bonchev–Trinajstić information content (AvgIpc) is 2.42. The Hall–Kier alpha value is -2.07. The average molecular weight is 275 g/mol. The zero-order chi connectivity index (χ0) is 13.8. The molecule has 0 aliphatic heterocycles. The molecule has 0 radical (unpaired) electrons. The maximum atomic E-state index is 5.98. The quantitative estimate of drug-likeness (QED) is 0.531. The number of anilines is 2. The smallest absolute Gasteiger partial charge is 0.148 e. The number of hydrazone groups is 1. The summed E-state index contributed by atoms with van der Waals surface area (Å²) in [4.78, 5) is 4.23. The predicted octanol–water partition coefficient (Wildman–Crippen LogP) is 3.18. The van der Waals surface area contributed by atoms with Crippen molar-refractivity contribution in [2.75, 3.05) is 17.8 Å². The SMILES string of the molecule is C/C(=N\N(C)c1ccccn1)c1cc(Cl)ccc1N. The molecule has 19 heavy (non-hydrogen) atoms. The highest BCUT2D eigenvalue weighted by molar-refractivity contribution is 6.31. The van der Waals surface area contributed by atoms with Crippen molar-refractivity contribution in [1.29, 1.82) is 0 Å². The molecule has 0 aliphatic carbocycles. The van der Waals surface area contributed by atoms with Gasteiger partial charge in [0.05, 0.1) is 5.71 Å². The van der Waals surface area contributed by atoms with Crippen molar-refractivity contribution < 1.29 is 0 Å². The summed E-state index contributed by atoms with van der Waals surface area (Å²) in [6.45, 7) is 1.89. The van der Waals surface area contributed by atoms with Gasteiger partial charge in [0.15, 0.2) is 0 Å². The minimum absolute atomic E-state index is 0.638. The molecule has 2 aromatic rings. The van der Waals surface area contributed by atoms with E-state index in [1.807, 2.05) is 38.2 Å². The summed E-state index contributed by atoms with van der Waals surface area (Å²) in [5.41, 5.74) is 8.20. The summed E-state index contributed by atoms with van der Waals surface area (Å²) < 4.78 is 0. The van der Waals surface area contributed by atoms with E-state index >= 15 is 0 Å². The van der Waals surface area contributed by atoms with E-state index < -0.39 is 0 Å². The van der Waals surface area contributed by atoms with Crippen molar-refractivity contribution in [3.05, 3.63) is 53.2 Å². The van der Waals surface area contributed by atoms with Gasteiger partial charge in [-0.3, -0.25) is 5.01 Å². The van der Waals surface area contributed by atoms with Gasteiger partial charge in [-0.15, -0.1) is 0 Å². The molecule has 0 aliphatic rings. The van der Waals surface area contributed by atoms with E-state index in [1.54, 1.807) is 23.3 Å². The van der Waals surface area contributed by atoms with E-state index in [9.17, 15) is 0 Å². The molecule has 1 aromatic carbocycles. The van der Waals surface area contributed by atoms with Gasteiger partial charge >= 0.3 is 0 Å². The molecule has 0 saturated carbocycles. The molecule has 0 atom stereocenters. The predicted molar refractivity (Wildman–Crippen MR) is 80.7 cm³/mol. The Morgan fingerprint density at radius 2 is 2.11 bits per heavy atom. The summed E-state index contributed by atoms with van der Waals surface area (Å²) in [7, 11) is 1.84. The van der Waals surface area contributed by atoms with Gasteiger partial charge in [0, 0.05) is 29.5 Å². The van der Waals surface area contributed by atoms with Gasteiger partial charge in [-0.05, 0) is 37.3 Å². The highest BCUT2D eigenvalue weighted by atomic mass is 35.5. The number of rotatable bonds is 3. The van der Waals surface area contributed by atoms with Crippen LogP contribution in [0.4, 0.5) is 11.5 Å². The van der Waals surface area contributed by atoms with Gasteiger partial charge in [0.2, 0.25) is 0 Å². The molecule has 0 amide bonds. The number of nitrogen functional groups attached to an aromatic ring is 1. The van der Waals surface area contributed by atoms with Gasteiger partial charge in [-0.2, -0.15) is 5.10 Å². The molecule has 98 valence electrons. The van der Waals surface area contributed by atoms with E-state index in [4.69, 9.17) is 17.3 Å². The van der Waals surface area contributed by atoms with E-state index in [2.05, 4.69) is 10.1 Å². The first-order valence-corrected chi connectivity index (χ1v) is 6.21. The number of nitrogens with zero attached hydrogens (tertiary/aromatic N) is 3. The highest BCUT2D eigenvalue weighted by Crippen LogP contribution is 2.19. The maximum absolute atomic E-state index is 5.98. The zero-order valence-electron chi connectivity index (χ0n) is 10.8. The van der Waals surface area contributed by atoms with E-state index in [1.165, 1.54) is 0 Å². The van der Waals surface area contributed by atoms with Gasteiger partial charge in [0.25, 0.3) is 0 Å². The van der Waals surface area contributed by atoms with Gasteiger partial charge in [-0.1, -0.05) is 17.7 Å². The fourth-order valence-electron chi connectivity index (χ4n) is 1.72. The molecule has 4 nitrogen and oxygen atoms in total. The Balaban J connectivity index is 2.30. The standard InChI is InChI=1S/C14H15ClN4/c1-10(12-9-11(15)6-7-13(12)16)18-19(2)14-5-3-4-8-17-14/h3-9H,16H2,1-2H3/b18-10+. The lowest BCUT2D eigenvalue weighted by Gasteiger charge is -2.14. The van der Waals surface area contributed by atoms with E-state index in [0.717, 1.165) is 17.1 Å². The molecule has 0 unspecified atom stereocenters. The third-order valence-corrected chi connectivity index (χ3v) is 2.92. The molecule has 2 N–H and O–H groups in total. The Bertz CT molecular complexity index is 596. The first kappa shape index (κ1) is 13.4. The van der Waals surface area contributed by atoms with Crippen molar-refractivity contribution in [3.63, 3.8) is 0 Å². The lowest BCUT2D eigenvalue weighted by Crippen LogP contribution is -2.14. The van der Waals surface area contributed by atoms with Crippen molar-refractivity contribution >= 4 is 28.8 Å². The third kappa shape index (κ3) is 3.23. The molecule has 5 heteroatoms. The lowest BCUT2D eigenvalue weighted by atomic mass is 10.1. The highest BCUT2D eigenvalue weighted by Gasteiger charge is 2.06. The maximum Gasteiger partial charge on any atom is 0.148 e. The Kier molecular flexibility index (Phi) is 4.02. The molecule has 2 rings (SSSR count). The fraction of sp³-hybridized carbons (Fsp3) is 0.143. The van der Waals surface area contributed by atoms with Crippen LogP contribution in [0, 0.1) is 0 Å². The molecular weight excluding hydrogens is 260 g/mol. The molecule has 0 spiro atoms. The third-order valence-electron chi connectivity index (χ3n) is 2.69. The Morgan fingerprint density at radius 1 is 1.32 bits per heavy atom. The first-order chi connectivity index (χ1) is 9.08. The number of hydrogen-bond donors (Lipinski definition) is 1. The van der Waals surface area contributed by atoms with Crippen LogP contribution in [0.3, 0.4) is 0 Å². The van der Waals surface area contributed by atoms with Crippen LogP contribution in [0.25, 0.3) is 0 Å². The molecular formula is C14H15ClN4. The number of aromatic nitrogens is 1. The van der Waals surface area contributed by atoms with Crippen molar-refractivity contribution in [3.8, 4) is 0 Å². The molecule has 1 aromatic heterocycles. The Morgan fingerprint density at radius 3 is 2.79 bits per heavy atom. The summed E-state index contributed by atoms with van der Waals surface area (Å²) in [6.07, 6.45) is 1.73. The number of hydrogen-bond acceptors (Lipinski definition) is 4. The van der Waals surface area contributed by atoms with Gasteiger partial charge in [0.1, 0.15) is 5.82 Å². The second-order valence-corrected chi connectivity index (χ2v) is 4.56. The topological polar surface area (TPSA) is 54.5 Å². The minimum Gasteiger partial charge on any atom is -0.398 e. The lowest BCUT2D eigenvalue weighted by molar-refractivity contribution is 0.975. The van der Waals surface area contributed by atoms with Crippen LogP contribution in [0.5, 0.6) is 0 Å². The van der Waals surface area contributed by atoms with Crippen LogP contribution in [-0.4, -0.2) is 17.7 Å². The van der Waals surface area contributed by atoms with E-state index in [0.29, 0.717) is 10.7 Å².